The Hall–Kier alpha value is -1.55. The SMILES string of the molecule is COc1ccc([C@@H]2C[C@@]2(N)C(=O)O)cc1. The molecule has 1 aliphatic rings. The van der Waals surface area contributed by atoms with Crippen LogP contribution in [0.5, 0.6) is 5.75 Å². The van der Waals surface area contributed by atoms with Gasteiger partial charge in [0.05, 0.1) is 7.11 Å². The molecule has 0 bridgehead atoms. The van der Waals surface area contributed by atoms with E-state index in [9.17, 15) is 4.79 Å². The van der Waals surface area contributed by atoms with Crippen molar-refractivity contribution < 1.29 is 14.6 Å². The van der Waals surface area contributed by atoms with Gasteiger partial charge < -0.3 is 15.6 Å². The highest BCUT2D eigenvalue weighted by atomic mass is 16.5. The zero-order valence-electron chi connectivity index (χ0n) is 8.43. The Kier molecular flexibility index (Phi) is 2.16. The molecule has 0 heterocycles. The first-order valence-electron chi connectivity index (χ1n) is 4.74. The van der Waals surface area contributed by atoms with E-state index in [1.54, 1.807) is 7.11 Å². The second kappa shape index (κ2) is 3.24. The fourth-order valence-electron chi connectivity index (χ4n) is 1.77. The highest BCUT2D eigenvalue weighted by Gasteiger charge is 2.58. The van der Waals surface area contributed by atoms with Crippen molar-refractivity contribution in [3.63, 3.8) is 0 Å². The summed E-state index contributed by atoms with van der Waals surface area (Å²) in [5, 5.41) is 8.90. The molecule has 1 saturated carbocycles. The van der Waals surface area contributed by atoms with Crippen molar-refractivity contribution in [2.45, 2.75) is 17.9 Å². The van der Waals surface area contributed by atoms with E-state index in [0.29, 0.717) is 6.42 Å². The average Bonchev–Trinajstić information content (AvgIpc) is 2.93. The molecule has 3 N–H and O–H groups in total. The predicted octanol–water partition coefficient (Wildman–Crippen LogP) is 0.965. The van der Waals surface area contributed by atoms with Gasteiger partial charge in [0.25, 0.3) is 0 Å². The minimum atomic E-state index is -1.06. The summed E-state index contributed by atoms with van der Waals surface area (Å²) in [7, 11) is 1.59. The Morgan fingerprint density at radius 1 is 1.53 bits per heavy atom. The van der Waals surface area contributed by atoms with Gasteiger partial charge in [0.1, 0.15) is 11.3 Å². The molecular formula is C11H13NO3. The van der Waals surface area contributed by atoms with E-state index in [2.05, 4.69) is 0 Å². The summed E-state index contributed by atoms with van der Waals surface area (Å²) >= 11 is 0. The van der Waals surface area contributed by atoms with Crippen LogP contribution in [0, 0.1) is 0 Å². The summed E-state index contributed by atoms with van der Waals surface area (Å²) in [6.45, 7) is 0. The highest BCUT2D eigenvalue weighted by molar-refractivity contribution is 5.84. The molecule has 2 atom stereocenters. The molecule has 1 aliphatic carbocycles. The van der Waals surface area contributed by atoms with Crippen LogP contribution in [0.2, 0.25) is 0 Å². The number of benzene rings is 1. The quantitative estimate of drug-likeness (QED) is 0.774. The molecule has 1 fully saturated rings. The maximum atomic E-state index is 10.8. The predicted molar refractivity (Wildman–Crippen MR) is 54.9 cm³/mol. The molecule has 1 aromatic rings. The van der Waals surface area contributed by atoms with Crippen molar-refractivity contribution >= 4 is 5.97 Å². The second-order valence-electron chi connectivity index (χ2n) is 3.88. The number of rotatable bonds is 3. The molecule has 15 heavy (non-hydrogen) atoms. The van der Waals surface area contributed by atoms with Crippen molar-refractivity contribution in [3.8, 4) is 5.75 Å². The van der Waals surface area contributed by atoms with Crippen LogP contribution in [-0.2, 0) is 4.79 Å². The van der Waals surface area contributed by atoms with Gasteiger partial charge in [-0.25, -0.2) is 0 Å². The van der Waals surface area contributed by atoms with E-state index >= 15 is 0 Å². The number of aliphatic carboxylic acids is 1. The van der Waals surface area contributed by atoms with Crippen LogP contribution >= 0.6 is 0 Å². The van der Waals surface area contributed by atoms with Crippen LogP contribution in [0.3, 0.4) is 0 Å². The Balaban J connectivity index is 2.16. The highest BCUT2D eigenvalue weighted by Crippen LogP contribution is 2.49. The molecule has 0 aliphatic heterocycles. The zero-order valence-corrected chi connectivity index (χ0v) is 8.43. The van der Waals surface area contributed by atoms with Crippen molar-refractivity contribution in [3.05, 3.63) is 29.8 Å². The third-order valence-corrected chi connectivity index (χ3v) is 2.92. The van der Waals surface area contributed by atoms with Crippen LogP contribution in [0.4, 0.5) is 0 Å². The maximum Gasteiger partial charge on any atom is 0.324 e. The van der Waals surface area contributed by atoms with Gasteiger partial charge in [-0.15, -0.1) is 0 Å². The van der Waals surface area contributed by atoms with Gasteiger partial charge >= 0.3 is 5.97 Å². The molecule has 4 heteroatoms. The zero-order chi connectivity index (χ0) is 11.1. The molecule has 1 aromatic carbocycles. The summed E-state index contributed by atoms with van der Waals surface area (Å²) in [6, 6.07) is 7.36. The monoisotopic (exact) mass is 207 g/mol. The van der Waals surface area contributed by atoms with Crippen LogP contribution in [0.25, 0.3) is 0 Å². The lowest BCUT2D eigenvalue weighted by molar-refractivity contribution is -0.139. The van der Waals surface area contributed by atoms with Gasteiger partial charge in [-0.05, 0) is 24.1 Å². The van der Waals surface area contributed by atoms with Crippen molar-refractivity contribution in [2.24, 2.45) is 5.73 Å². The minimum Gasteiger partial charge on any atom is -0.497 e. The van der Waals surface area contributed by atoms with Crippen LogP contribution in [0.1, 0.15) is 17.9 Å². The number of hydrogen-bond acceptors (Lipinski definition) is 3. The average molecular weight is 207 g/mol. The first kappa shape index (κ1) is 9.98. The summed E-state index contributed by atoms with van der Waals surface area (Å²) in [5.41, 5.74) is 5.60. The van der Waals surface area contributed by atoms with Crippen molar-refractivity contribution in [1.29, 1.82) is 0 Å². The molecule has 80 valence electrons. The van der Waals surface area contributed by atoms with E-state index in [0.717, 1.165) is 11.3 Å². The molecule has 4 nitrogen and oxygen atoms in total. The normalized spacial score (nSPS) is 28.5. The number of hydrogen-bond donors (Lipinski definition) is 2. The summed E-state index contributed by atoms with van der Waals surface area (Å²) in [5.74, 6) is -0.235. The third-order valence-electron chi connectivity index (χ3n) is 2.92. The number of nitrogens with two attached hydrogens (primary N) is 1. The molecule has 0 amide bonds. The van der Waals surface area contributed by atoms with E-state index in [1.165, 1.54) is 0 Å². The smallest absolute Gasteiger partial charge is 0.324 e. The molecular weight excluding hydrogens is 194 g/mol. The van der Waals surface area contributed by atoms with E-state index < -0.39 is 11.5 Å². The van der Waals surface area contributed by atoms with Gasteiger partial charge in [-0.3, -0.25) is 4.79 Å². The van der Waals surface area contributed by atoms with E-state index in [4.69, 9.17) is 15.6 Å². The topological polar surface area (TPSA) is 72.5 Å². The molecule has 0 radical (unpaired) electrons. The Labute approximate surface area is 87.7 Å². The number of carboxylic acid groups (broad SMARTS) is 1. The minimum absolute atomic E-state index is 0.0686. The fourth-order valence-corrected chi connectivity index (χ4v) is 1.77. The maximum absolute atomic E-state index is 10.8. The molecule has 0 unspecified atom stereocenters. The third kappa shape index (κ3) is 1.57. The van der Waals surface area contributed by atoms with Crippen LogP contribution in [-0.4, -0.2) is 23.7 Å². The number of ether oxygens (including phenoxy) is 1. The van der Waals surface area contributed by atoms with Crippen LogP contribution < -0.4 is 10.5 Å². The molecule has 2 rings (SSSR count). The Morgan fingerprint density at radius 2 is 2.13 bits per heavy atom. The number of carbonyl (C=O) groups is 1. The lowest BCUT2D eigenvalue weighted by Crippen LogP contribution is -2.34. The first-order chi connectivity index (χ1) is 7.08. The van der Waals surface area contributed by atoms with Gasteiger partial charge in [-0.1, -0.05) is 12.1 Å². The largest absolute Gasteiger partial charge is 0.497 e. The summed E-state index contributed by atoms with van der Waals surface area (Å²) in [4.78, 5) is 10.8. The number of carboxylic acids is 1. The van der Waals surface area contributed by atoms with Crippen molar-refractivity contribution in [1.82, 2.24) is 0 Å². The van der Waals surface area contributed by atoms with Gasteiger partial charge in [0, 0.05) is 5.92 Å². The molecule has 0 aromatic heterocycles. The molecule has 0 spiro atoms. The number of methoxy groups -OCH3 is 1. The Bertz CT molecular complexity index is 387. The summed E-state index contributed by atoms with van der Waals surface area (Å²) < 4.78 is 5.02. The molecule has 0 saturated heterocycles. The lowest BCUT2D eigenvalue weighted by atomic mass is 10.1. The van der Waals surface area contributed by atoms with Crippen molar-refractivity contribution in [2.75, 3.05) is 7.11 Å². The van der Waals surface area contributed by atoms with E-state index in [-0.39, 0.29) is 5.92 Å². The van der Waals surface area contributed by atoms with Gasteiger partial charge in [-0.2, -0.15) is 0 Å². The van der Waals surface area contributed by atoms with Gasteiger partial charge in [0.2, 0.25) is 0 Å². The lowest BCUT2D eigenvalue weighted by Gasteiger charge is -2.06. The Morgan fingerprint density at radius 3 is 2.53 bits per heavy atom. The summed E-state index contributed by atoms with van der Waals surface area (Å²) in [6.07, 6.45) is 0.509. The second-order valence-corrected chi connectivity index (χ2v) is 3.88. The first-order valence-corrected chi connectivity index (χ1v) is 4.74. The van der Waals surface area contributed by atoms with Crippen LogP contribution in [0.15, 0.2) is 24.3 Å². The fraction of sp³-hybridized carbons (Fsp3) is 0.364. The standard InChI is InChI=1S/C11H13NO3/c1-15-8-4-2-7(3-5-8)9-6-11(9,12)10(13)14/h2-5,9H,6,12H2,1H3,(H,13,14)/t9-,11-/m0/s1. The van der Waals surface area contributed by atoms with Gasteiger partial charge in [0.15, 0.2) is 0 Å². The van der Waals surface area contributed by atoms with E-state index in [1.807, 2.05) is 24.3 Å².